The maximum Gasteiger partial charge on any atom is 0.161 e. The van der Waals surface area contributed by atoms with Crippen molar-refractivity contribution in [3.05, 3.63) is 29.8 Å². The maximum atomic E-state index is 5.65. The molecule has 0 aliphatic rings. The molecule has 1 aromatic rings. The van der Waals surface area contributed by atoms with E-state index in [0.29, 0.717) is 12.6 Å². The van der Waals surface area contributed by atoms with E-state index in [-0.39, 0.29) is 0 Å². The zero-order valence-corrected chi connectivity index (χ0v) is 13.1. The number of hydrogen-bond donors (Lipinski definition) is 1. The summed E-state index contributed by atoms with van der Waals surface area (Å²) in [6, 6.07) is 6.40. The van der Waals surface area contributed by atoms with Gasteiger partial charge in [0, 0.05) is 6.04 Å². The third-order valence-electron chi connectivity index (χ3n) is 2.94. The smallest absolute Gasteiger partial charge is 0.161 e. The molecule has 1 unspecified atom stereocenters. The van der Waals surface area contributed by atoms with Crippen molar-refractivity contribution in [1.29, 1.82) is 0 Å². The summed E-state index contributed by atoms with van der Waals surface area (Å²) in [6.07, 6.45) is 6.41. The van der Waals surface area contributed by atoms with Gasteiger partial charge in [0.25, 0.3) is 0 Å². The molecule has 1 atom stereocenters. The molecule has 0 aliphatic heterocycles. The van der Waals surface area contributed by atoms with Crippen molar-refractivity contribution in [2.45, 2.75) is 39.7 Å². The first-order valence-corrected chi connectivity index (χ1v) is 7.43. The second-order valence-electron chi connectivity index (χ2n) is 4.86. The average Bonchev–Trinajstić information content (AvgIpc) is 2.49. The quantitative estimate of drug-likeness (QED) is 0.743. The number of rotatable bonds is 9. The molecule has 0 bridgehead atoms. The monoisotopic (exact) mass is 277 g/mol. The molecule has 0 heterocycles. The Kier molecular flexibility index (Phi) is 7.81. The van der Waals surface area contributed by atoms with Gasteiger partial charge >= 0.3 is 0 Å². The second kappa shape index (κ2) is 9.43. The van der Waals surface area contributed by atoms with Crippen molar-refractivity contribution in [2.75, 3.05) is 20.3 Å². The fourth-order valence-electron chi connectivity index (χ4n) is 1.81. The second-order valence-corrected chi connectivity index (χ2v) is 4.86. The summed E-state index contributed by atoms with van der Waals surface area (Å²) < 4.78 is 11.0. The van der Waals surface area contributed by atoms with Crippen LogP contribution in [0.1, 0.15) is 39.2 Å². The van der Waals surface area contributed by atoms with Crippen LogP contribution in [0.4, 0.5) is 0 Å². The highest BCUT2D eigenvalue weighted by Gasteiger charge is 2.04. The van der Waals surface area contributed by atoms with Crippen molar-refractivity contribution in [3.63, 3.8) is 0 Å². The summed E-state index contributed by atoms with van der Waals surface area (Å²) in [6.45, 7) is 8.17. The number of benzene rings is 1. The van der Waals surface area contributed by atoms with Gasteiger partial charge in [0.1, 0.15) is 0 Å². The summed E-state index contributed by atoms with van der Waals surface area (Å²) in [5.74, 6) is 1.60. The van der Waals surface area contributed by atoms with Crippen LogP contribution >= 0.6 is 0 Å². The van der Waals surface area contributed by atoms with E-state index < -0.39 is 0 Å². The van der Waals surface area contributed by atoms with Gasteiger partial charge in [-0.3, -0.25) is 0 Å². The standard InChI is InChI=1S/C17H27NO2/c1-5-11-18-14(3)7-8-15-9-10-16(20-12-6-2)17(13-15)19-4/h7-10,13-14,18H,5-6,11-12H2,1-4H3/b8-7+. The lowest BCUT2D eigenvalue weighted by molar-refractivity contribution is 0.294. The minimum Gasteiger partial charge on any atom is -0.493 e. The van der Waals surface area contributed by atoms with Crippen LogP contribution in [0, 0.1) is 0 Å². The Bertz CT molecular complexity index is 415. The SMILES string of the molecule is CCCNC(C)/C=C/c1ccc(OCCC)c(OC)c1. The van der Waals surface area contributed by atoms with Gasteiger partial charge in [-0.1, -0.05) is 32.1 Å². The van der Waals surface area contributed by atoms with Crippen LogP contribution in [0.25, 0.3) is 6.08 Å². The molecule has 0 radical (unpaired) electrons. The molecule has 0 aliphatic carbocycles. The first kappa shape index (κ1) is 16.6. The topological polar surface area (TPSA) is 30.5 Å². The van der Waals surface area contributed by atoms with E-state index in [2.05, 4.69) is 44.3 Å². The largest absolute Gasteiger partial charge is 0.493 e. The Morgan fingerprint density at radius 1 is 1.20 bits per heavy atom. The number of nitrogens with one attached hydrogen (secondary N) is 1. The lowest BCUT2D eigenvalue weighted by Gasteiger charge is -2.11. The van der Waals surface area contributed by atoms with E-state index in [1.54, 1.807) is 7.11 Å². The highest BCUT2D eigenvalue weighted by molar-refractivity contribution is 5.56. The van der Waals surface area contributed by atoms with Gasteiger partial charge in [0.2, 0.25) is 0 Å². The van der Waals surface area contributed by atoms with Crippen LogP contribution in [-0.2, 0) is 0 Å². The van der Waals surface area contributed by atoms with Crippen LogP contribution in [0.3, 0.4) is 0 Å². The molecule has 0 saturated heterocycles. The van der Waals surface area contributed by atoms with Crippen LogP contribution < -0.4 is 14.8 Å². The highest BCUT2D eigenvalue weighted by atomic mass is 16.5. The Morgan fingerprint density at radius 3 is 2.65 bits per heavy atom. The van der Waals surface area contributed by atoms with Gasteiger partial charge in [-0.15, -0.1) is 0 Å². The van der Waals surface area contributed by atoms with Gasteiger partial charge in [-0.05, 0) is 44.0 Å². The summed E-state index contributed by atoms with van der Waals surface area (Å²) >= 11 is 0. The Hall–Kier alpha value is -1.48. The van der Waals surface area contributed by atoms with Crippen molar-refractivity contribution in [3.8, 4) is 11.5 Å². The Balaban J connectivity index is 2.69. The lowest BCUT2D eigenvalue weighted by Crippen LogP contribution is -2.24. The van der Waals surface area contributed by atoms with Gasteiger partial charge in [-0.25, -0.2) is 0 Å². The number of ether oxygens (including phenoxy) is 2. The average molecular weight is 277 g/mol. The predicted octanol–water partition coefficient (Wildman–Crippen LogP) is 3.89. The minimum absolute atomic E-state index is 0.372. The van der Waals surface area contributed by atoms with Gasteiger partial charge in [-0.2, -0.15) is 0 Å². The third kappa shape index (κ3) is 5.66. The van der Waals surface area contributed by atoms with Crippen LogP contribution in [0.5, 0.6) is 11.5 Å². The molecule has 3 nitrogen and oxygen atoms in total. The summed E-state index contributed by atoms with van der Waals surface area (Å²) in [4.78, 5) is 0. The molecule has 0 amide bonds. The maximum absolute atomic E-state index is 5.65. The normalized spacial score (nSPS) is 12.6. The molecule has 3 heteroatoms. The van der Waals surface area contributed by atoms with E-state index in [9.17, 15) is 0 Å². The van der Waals surface area contributed by atoms with Crippen molar-refractivity contribution >= 4 is 6.08 Å². The van der Waals surface area contributed by atoms with Crippen LogP contribution in [0.15, 0.2) is 24.3 Å². The van der Waals surface area contributed by atoms with Gasteiger partial charge in [0.05, 0.1) is 13.7 Å². The molecule has 1 N–H and O–H groups in total. The number of methoxy groups -OCH3 is 1. The van der Waals surface area contributed by atoms with E-state index in [1.807, 2.05) is 12.1 Å². The summed E-state index contributed by atoms with van der Waals surface area (Å²) in [5, 5.41) is 3.43. The molecular weight excluding hydrogens is 250 g/mol. The van der Waals surface area contributed by atoms with E-state index in [0.717, 1.165) is 36.4 Å². The van der Waals surface area contributed by atoms with Crippen LogP contribution in [0.2, 0.25) is 0 Å². The molecule has 1 rings (SSSR count). The Labute approximate surface area is 123 Å². The molecule has 0 aromatic heterocycles. The molecule has 0 saturated carbocycles. The highest BCUT2D eigenvalue weighted by Crippen LogP contribution is 2.28. The third-order valence-corrected chi connectivity index (χ3v) is 2.94. The van der Waals surface area contributed by atoms with E-state index in [1.165, 1.54) is 0 Å². The van der Waals surface area contributed by atoms with Gasteiger partial charge in [0.15, 0.2) is 11.5 Å². The lowest BCUT2D eigenvalue weighted by atomic mass is 10.1. The molecule has 1 aromatic carbocycles. The van der Waals surface area contributed by atoms with Crippen molar-refractivity contribution in [1.82, 2.24) is 5.32 Å². The summed E-state index contributed by atoms with van der Waals surface area (Å²) in [7, 11) is 1.67. The zero-order chi connectivity index (χ0) is 14.8. The van der Waals surface area contributed by atoms with Crippen LogP contribution in [-0.4, -0.2) is 26.3 Å². The zero-order valence-electron chi connectivity index (χ0n) is 13.1. The Morgan fingerprint density at radius 2 is 2.00 bits per heavy atom. The first-order chi connectivity index (χ1) is 9.71. The van der Waals surface area contributed by atoms with Crippen molar-refractivity contribution in [2.24, 2.45) is 0 Å². The fourth-order valence-corrected chi connectivity index (χ4v) is 1.81. The fraction of sp³-hybridized carbons (Fsp3) is 0.529. The van der Waals surface area contributed by atoms with E-state index >= 15 is 0 Å². The summed E-state index contributed by atoms with van der Waals surface area (Å²) in [5.41, 5.74) is 1.12. The van der Waals surface area contributed by atoms with Gasteiger partial charge < -0.3 is 14.8 Å². The molecule has 0 spiro atoms. The predicted molar refractivity (Wildman–Crippen MR) is 85.6 cm³/mol. The molecule has 112 valence electrons. The van der Waals surface area contributed by atoms with Crippen molar-refractivity contribution < 1.29 is 9.47 Å². The molecular formula is C17H27NO2. The minimum atomic E-state index is 0.372. The number of hydrogen-bond acceptors (Lipinski definition) is 3. The van der Waals surface area contributed by atoms with E-state index in [4.69, 9.17) is 9.47 Å². The molecule has 20 heavy (non-hydrogen) atoms. The first-order valence-electron chi connectivity index (χ1n) is 7.43. The molecule has 0 fully saturated rings.